The van der Waals surface area contributed by atoms with Gasteiger partial charge in [-0.3, -0.25) is 14.9 Å². The Morgan fingerprint density at radius 1 is 1.21 bits per heavy atom. The first-order chi connectivity index (χ1) is 11.3. The van der Waals surface area contributed by atoms with E-state index in [4.69, 9.17) is 5.73 Å². The number of nitrogens with two attached hydrogens (primary N) is 1. The molecule has 6 heteroatoms. The number of carbonyl (C=O) groups is 1. The number of carbonyl (C=O) groups excluding carboxylic acids is 1. The van der Waals surface area contributed by atoms with Crippen molar-refractivity contribution in [3.8, 4) is 0 Å². The fourth-order valence-electron chi connectivity index (χ4n) is 2.57. The number of nitrogens with zero attached hydrogens (tertiary/aromatic N) is 1. The van der Waals surface area contributed by atoms with Gasteiger partial charge in [-0.1, -0.05) is 37.3 Å². The van der Waals surface area contributed by atoms with Gasteiger partial charge in [0.15, 0.2) is 0 Å². The molecule has 0 aliphatic heterocycles. The number of nitrogen functional groups attached to an aromatic ring is 1. The summed E-state index contributed by atoms with van der Waals surface area (Å²) in [6, 6.07) is 12.6. The SMILES string of the molecule is Cc1cc(C(=O)N[C@@H](C)[C@H](C)c2ccccc2)c(N)c([N+](=O)[O-])c1. The van der Waals surface area contributed by atoms with Gasteiger partial charge in [-0.15, -0.1) is 0 Å². The minimum Gasteiger partial charge on any atom is -0.393 e. The molecule has 2 atom stereocenters. The normalized spacial score (nSPS) is 13.1. The van der Waals surface area contributed by atoms with Crippen LogP contribution in [0, 0.1) is 17.0 Å². The van der Waals surface area contributed by atoms with E-state index in [1.165, 1.54) is 6.07 Å². The maximum absolute atomic E-state index is 12.5. The lowest BCUT2D eigenvalue weighted by molar-refractivity contribution is -0.384. The zero-order chi connectivity index (χ0) is 17.9. The number of anilines is 1. The summed E-state index contributed by atoms with van der Waals surface area (Å²) in [5.41, 5.74) is 7.31. The van der Waals surface area contributed by atoms with Crippen LogP contribution in [-0.2, 0) is 0 Å². The Hall–Kier alpha value is -2.89. The maximum Gasteiger partial charge on any atom is 0.293 e. The highest BCUT2D eigenvalue weighted by molar-refractivity contribution is 6.01. The molecular weight excluding hydrogens is 306 g/mol. The van der Waals surface area contributed by atoms with E-state index >= 15 is 0 Å². The monoisotopic (exact) mass is 327 g/mol. The van der Waals surface area contributed by atoms with Crippen LogP contribution < -0.4 is 11.1 Å². The largest absolute Gasteiger partial charge is 0.393 e. The molecule has 1 amide bonds. The molecule has 0 fully saturated rings. The number of nitro groups is 1. The molecule has 0 aromatic heterocycles. The summed E-state index contributed by atoms with van der Waals surface area (Å²) in [4.78, 5) is 23.0. The highest BCUT2D eigenvalue weighted by atomic mass is 16.6. The lowest BCUT2D eigenvalue weighted by Gasteiger charge is -2.22. The zero-order valence-corrected chi connectivity index (χ0v) is 13.9. The van der Waals surface area contributed by atoms with Crippen LogP contribution in [0.3, 0.4) is 0 Å². The number of hydrogen-bond acceptors (Lipinski definition) is 4. The zero-order valence-electron chi connectivity index (χ0n) is 13.9. The number of nitrogens with one attached hydrogen (secondary N) is 1. The molecule has 0 bridgehead atoms. The molecule has 0 spiro atoms. The Labute approximate surface area is 140 Å². The fourth-order valence-corrected chi connectivity index (χ4v) is 2.57. The second kappa shape index (κ2) is 7.12. The van der Waals surface area contributed by atoms with Crippen LogP contribution in [0.4, 0.5) is 11.4 Å². The molecule has 2 aromatic carbocycles. The average Bonchev–Trinajstić information content (AvgIpc) is 2.56. The molecule has 0 heterocycles. The van der Waals surface area contributed by atoms with Crippen molar-refractivity contribution in [1.82, 2.24) is 5.32 Å². The van der Waals surface area contributed by atoms with Gasteiger partial charge in [0.1, 0.15) is 5.69 Å². The van der Waals surface area contributed by atoms with Crippen LogP contribution >= 0.6 is 0 Å². The van der Waals surface area contributed by atoms with Gasteiger partial charge in [-0.25, -0.2) is 0 Å². The van der Waals surface area contributed by atoms with E-state index in [0.717, 1.165) is 5.56 Å². The summed E-state index contributed by atoms with van der Waals surface area (Å²) in [5.74, 6) is -0.314. The summed E-state index contributed by atoms with van der Waals surface area (Å²) >= 11 is 0. The van der Waals surface area contributed by atoms with Gasteiger partial charge in [0.25, 0.3) is 11.6 Å². The first-order valence-corrected chi connectivity index (χ1v) is 7.71. The highest BCUT2D eigenvalue weighted by Gasteiger charge is 2.23. The van der Waals surface area contributed by atoms with Gasteiger partial charge in [-0.05, 0) is 31.0 Å². The van der Waals surface area contributed by atoms with Gasteiger partial charge < -0.3 is 11.1 Å². The first-order valence-electron chi connectivity index (χ1n) is 7.71. The molecule has 126 valence electrons. The maximum atomic E-state index is 12.5. The van der Waals surface area contributed by atoms with Crippen LogP contribution in [0.2, 0.25) is 0 Å². The molecule has 3 N–H and O–H groups in total. The number of nitro benzene ring substituents is 1. The van der Waals surface area contributed by atoms with Gasteiger partial charge >= 0.3 is 0 Å². The van der Waals surface area contributed by atoms with Gasteiger partial charge in [0, 0.05) is 18.0 Å². The van der Waals surface area contributed by atoms with Gasteiger partial charge in [0.2, 0.25) is 0 Å². The summed E-state index contributed by atoms with van der Waals surface area (Å²) < 4.78 is 0. The van der Waals surface area contributed by atoms with E-state index in [1.54, 1.807) is 13.0 Å². The molecule has 2 aromatic rings. The third kappa shape index (κ3) is 3.71. The predicted octanol–water partition coefficient (Wildman–Crippen LogP) is 3.41. The van der Waals surface area contributed by atoms with Crippen molar-refractivity contribution < 1.29 is 9.72 Å². The van der Waals surface area contributed by atoms with E-state index in [2.05, 4.69) is 5.32 Å². The number of amides is 1. The lowest BCUT2D eigenvalue weighted by Crippen LogP contribution is -2.36. The van der Waals surface area contributed by atoms with Crippen molar-refractivity contribution in [1.29, 1.82) is 0 Å². The Balaban J connectivity index is 2.22. The van der Waals surface area contributed by atoms with Crippen molar-refractivity contribution >= 4 is 17.3 Å². The van der Waals surface area contributed by atoms with Crippen molar-refractivity contribution in [2.45, 2.75) is 32.7 Å². The summed E-state index contributed by atoms with van der Waals surface area (Å²) in [7, 11) is 0. The minimum absolute atomic E-state index is 0.0937. The van der Waals surface area contributed by atoms with Crippen LogP contribution in [0.25, 0.3) is 0 Å². The average molecular weight is 327 g/mol. The van der Waals surface area contributed by atoms with E-state index in [1.807, 2.05) is 44.2 Å². The predicted molar refractivity (Wildman–Crippen MR) is 94.0 cm³/mol. The number of benzene rings is 2. The molecule has 6 nitrogen and oxygen atoms in total. The molecule has 0 saturated carbocycles. The topological polar surface area (TPSA) is 98.3 Å². The number of hydrogen-bond donors (Lipinski definition) is 2. The quantitative estimate of drug-likeness (QED) is 0.499. The smallest absolute Gasteiger partial charge is 0.293 e. The molecule has 0 unspecified atom stereocenters. The number of rotatable bonds is 5. The van der Waals surface area contributed by atoms with Gasteiger partial charge in [0.05, 0.1) is 10.5 Å². The van der Waals surface area contributed by atoms with Gasteiger partial charge in [-0.2, -0.15) is 0 Å². The van der Waals surface area contributed by atoms with Crippen molar-refractivity contribution in [2.24, 2.45) is 0 Å². The second-order valence-electron chi connectivity index (χ2n) is 5.96. The van der Waals surface area contributed by atoms with Crippen molar-refractivity contribution in [3.05, 3.63) is 69.3 Å². The van der Waals surface area contributed by atoms with Crippen molar-refractivity contribution in [2.75, 3.05) is 5.73 Å². The Bertz CT molecular complexity index is 760. The first kappa shape index (κ1) is 17.5. The Morgan fingerprint density at radius 3 is 2.42 bits per heavy atom. The molecule has 2 rings (SSSR count). The standard InChI is InChI=1S/C18H21N3O3/c1-11-9-15(17(19)16(10-11)21(23)24)18(22)20-13(3)12(2)14-7-5-4-6-8-14/h4-10,12-13H,19H2,1-3H3,(H,20,22)/t12-,13-/m0/s1. The summed E-state index contributed by atoms with van der Waals surface area (Å²) in [5, 5.41) is 13.9. The molecule has 0 aliphatic carbocycles. The molecule has 0 aliphatic rings. The summed E-state index contributed by atoms with van der Waals surface area (Å²) in [6.07, 6.45) is 0. The fraction of sp³-hybridized carbons (Fsp3) is 0.278. The van der Waals surface area contributed by atoms with E-state index < -0.39 is 10.8 Å². The molecule has 0 radical (unpaired) electrons. The van der Waals surface area contributed by atoms with Crippen molar-refractivity contribution in [3.63, 3.8) is 0 Å². The molecule has 0 saturated heterocycles. The van der Waals surface area contributed by atoms with Crippen LogP contribution in [0.1, 0.15) is 41.3 Å². The Morgan fingerprint density at radius 2 is 1.83 bits per heavy atom. The highest BCUT2D eigenvalue weighted by Crippen LogP contribution is 2.27. The molecular formula is C18H21N3O3. The van der Waals surface area contributed by atoms with Crippen LogP contribution in [0.15, 0.2) is 42.5 Å². The number of aryl methyl sites for hydroxylation is 1. The van der Waals surface area contributed by atoms with E-state index in [0.29, 0.717) is 5.56 Å². The van der Waals surface area contributed by atoms with E-state index in [9.17, 15) is 14.9 Å². The van der Waals surface area contributed by atoms with E-state index in [-0.39, 0.29) is 28.9 Å². The Kier molecular flexibility index (Phi) is 5.18. The third-order valence-electron chi connectivity index (χ3n) is 4.18. The van der Waals surface area contributed by atoms with Crippen LogP contribution in [0.5, 0.6) is 0 Å². The minimum atomic E-state index is -0.574. The second-order valence-corrected chi connectivity index (χ2v) is 5.96. The molecule has 24 heavy (non-hydrogen) atoms. The lowest BCUT2D eigenvalue weighted by atomic mass is 9.94. The summed E-state index contributed by atoms with van der Waals surface area (Å²) in [6.45, 7) is 5.61. The van der Waals surface area contributed by atoms with Crippen LogP contribution in [-0.4, -0.2) is 16.9 Å². The third-order valence-corrected chi connectivity index (χ3v) is 4.18.